The first-order valence-corrected chi connectivity index (χ1v) is 8.03. The Bertz CT molecular complexity index is 780. The van der Waals surface area contributed by atoms with Gasteiger partial charge in [0.25, 0.3) is 0 Å². The van der Waals surface area contributed by atoms with Crippen molar-refractivity contribution in [3.05, 3.63) is 59.7 Å². The molecule has 0 fully saturated rings. The molecule has 0 aromatic heterocycles. The Hall–Kier alpha value is -2.34. The van der Waals surface area contributed by atoms with Crippen LogP contribution in [0.5, 0.6) is 5.75 Å². The summed E-state index contributed by atoms with van der Waals surface area (Å²) in [5.74, 6) is 0.210. The topological polar surface area (TPSA) is 65.0 Å². The predicted molar refractivity (Wildman–Crippen MR) is 84.7 cm³/mol. The monoisotopic (exact) mass is 319 g/mol. The Kier molecular flexibility index (Phi) is 4.82. The van der Waals surface area contributed by atoms with Crippen LogP contribution in [0.3, 0.4) is 0 Å². The van der Waals surface area contributed by atoms with Gasteiger partial charge in [-0.05, 0) is 38.1 Å². The van der Waals surface area contributed by atoms with Crippen molar-refractivity contribution in [2.24, 2.45) is 5.16 Å². The molecule has 0 aliphatic carbocycles. The Morgan fingerprint density at radius 2 is 1.68 bits per heavy atom. The van der Waals surface area contributed by atoms with Crippen LogP contribution < -0.4 is 4.18 Å². The first kappa shape index (κ1) is 16.0. The number of benzene rings is 2. The van der Waals surface area contributed by atoms with Gasteiger partial charge in [-0.15, -0.1) is 0 Å². The quantitative estimate of drug-likeness (QED) is 0.482. The SMILES string of the molecule is CO/N=C(/C)c1ccccc1OS(=O)(=O)c1ccc(C)cc1. The second-order valence-electron chi connectivity index (χ2n) is 4.71. The Labute approximate surface area is 130 Å². The van der Waals surface area contributed by atoms with E-state index in [1.54, 1.807) is 43.3 Å². The molecule has 6 heteroatoms. The van der Waals surface area contributed by atoms with E-state index in [2.05, 4.69) is 5.16 Å². The highest BCUT2D eigenvalue weighted by molar-refractivity contribution is 7.87. The summed E-state index contributed by atoms with van der Waals surface area (Å²) in [4.78, 5) is 4.83. The molecule has 0 aliphatic heterocycles. The van der Waals surface area contributed by atoms with E-state index in [0.717, 1.165) is 5.56 Å². The highest BCUT2D eigenvalue weighted by Crippen LogP contribution is 2.24. The fourth-order valence-electron chi connectivity index (χ4n) is 1.90. The van der Waals surface area contributed by atoms with Gasteiger partial charge in [-0.1, -0.05) is 35.0 Å². The summed E-state index contributed by atoms with van der Waals surface area (Å²) < 4.78 is 30.0. The number of aryl methyl sites for hydroxylation is 1. The van der Waals surface area contributed by atoms with Crippen molar-refractivity contribution >= 4 is 15.8 Å². The molecule has 0 saturated carbocycles. The molecular weight excluding hydrogens is 302 g/mol. The lowest BCUT2D eigenvalue weighted by molar-refractivity contribution is 0.213. The van der Waals surface area contributed by atoms with Gasteiger partial charge in [0.05, 0.1) is 5.71 Å². The van der Waals surface area contributed by atoms with Gasteiger partial charge in [0.15, 0.2) is 5.75 Å². The molecule has 0 radical (unpaired) electrons. The molecule has 0 saturated heterocycles. The van der Waals surface area contributed by atoms with Crippen molar-refractivity contribution in [2.75, 3.05) is 7.11 Å². The average molecular weight is 319 g/mol. The maximum absolute atomic E-state index is 12.4. The summed E-state index contributed by atoms with van der Waals surface area (Å²) in [5, 5.41) is 3.81. The summed E-state index contributed by atoms with van der Waals surface area (Å²) in [6.45, 7) is 3.60. The van der Waals surface area contributed by atoms with Crippen molar-refractivity contribution in [1.82, 2.24) is 0 Å². The number of hydrogen-bond donors (Lipinski definition) is 0. The summed E-state index contributed by atoms with van der Waals surface area (Å²) in [6, 6.07) is 13.2. The van der Waals surface area contributed by atoms with Crippen LogP contribution in [0.4, 0.5) is 0 Å². The summed E-state index contributed by atoms with van der Waals surface area (Å²) >= 11 is 0. The van der Waals surface area contributed by atoms with Gasteiger partial charge in [-0.3, -0.25) is 0 Å². The van der Waals surface area contributed by atoms with E-state index in [1.807, 2.05) is 6.92 Å². The Balaban J connectivity index is 2.38. The molecule has 0 bridgehead atoms. The van der Waals surface area contributed by atoms with Crippen molar-refractivity contribution in [3.8, 4) is 5.75 Å². The van der Waals surface area contributed by atoms with Crippen molar-refractivity contribution in [3.63, 3.8) is 0 Å². The molecular formula is C16H17NO4S. The van der Waals surface area contributed by atoms with Gasteiger partial charge in [0.2, 0.25) is 0 Å². The zero-order chi connectivity index (χ0) is 16.2. The maximum Gasteiger partial charge on any atom is 0.339 e. The normalized spacial score (nSPS) is 12.0. The van der Waals surface area contributed by atoms with Crippen LogP contribution in [-0.2, 0) is 15.0 Å². The molecule has 2 aromatic carbocycles. The second-order valence-corrected chi connectivity index (χ2v) is 6.25. The van der Waals surface area contributed by atoms with Crippen LogP contribution in [0.1, 0.15) is 18.1 Å². The molecule has 22 heavy (non-hydrogen) atoms. The van der Waals surface area contributed by atoms with Crippen molar-refractivity contribution < 1.29 is 17.4 Å². The van der Waals surface area contributed by atoms with E-state index < -0.39 is 10.1 Å². The zero-order valence-corrected chi connectivity index (χ0v) is 13.4. The third kappa shape index (κ3) is 3.65. The number of para-hydroxylation sites is 1. The van der Waals surface area contributed by atoms with Crippen molar-refractivity contribution in [2.45, 2.75) is 18.7 Å². The van der Waals surface area contributed by atoms with E-state index in [-0.39, 0.29) is 10.6 Å². The number of rotatable bonds is 5. The lowest BCUT2D eigenvalue weighted by atomic mass is 10.1. The van der Waals surface area contributed by atoms with Gasteiger partial charge in [-0.25, -0.2) is 0 Å². The molecule has 0 spiro atoms. The predicted octanol–water partition coefficient (Wildman–Crippen LogP) is 3.13. The van der Waals surface area contributed by atoms with Crippen LogP contribution >= 0.6 is 0 Å². The van der Waals surface area contributed by atoms with E-state index in [0.29, 0.717) is 11.3 Å². The molecule has 0 unspecified atom stereocenters. The van der Waals surface area contributed by atoms with Gasteiger partial charge in [0, 0.05) is 5.56 Å². The fraction of sp³-hybridized carbons (Fsp3) is 0.188. The molecule has 116 valence electrons. The fourth-order valence-corrected chi connectivity index (χ4v) is 2.84. The van der Waals surface area contributed by atoms with E-state index in [1.165, 1.54) is 19.2 Å². The molecule has 0 heterocycles. The maximum atomic E-state index is 12.4. The average Bonchev–Trinajstić information content (AvgIpc) is 2.48. The third-order valence-electron chi connectivity index (χ3n) is 3.01. The molecule has 2 aromatic rings. The lowest BCUT2D eigenvalue weighted by Gasteiger charge is -2.11. The lowest BCUT2D eigenvalue weighted by Crippen LogP contribution is -2.12. The van der Waals surface area contributed by atoms with E-state index >= 15 is 0 Å². The highest BCUT2D eigenvalue weighted by Gasteiger charge is 2.19. The highest BCUT2D eigenvalue weighted by atomic mass is 32.2. The molecule has 0 N–H and O–H groups in total. The zero-order valence-electron chi connectivity index (χ0n) is 12.6. The second kappa shape index (κ2) is 6.62. The van der Waals surface area contributed by atoms with E-state index in [4.69, 9.17) is 9.02 Å². The number of oxime groups is 1. The van der Waals surface area contributed by atoms with Gasteiger partial charge in [0.1, 0.15) is 12.0 Å². The van der Waals surface area contributed by atoms with Crippen LogP contribution in [0.2, 0.25) is 0 Å². The third-order valence-corrected chi connectivity index (χ3v) is 4.26. The van der Waals surface area contributed by atoms with Crippen LogP contribution in [0, 0.1) is 6.92 Å². The first-order valence-electron chi connectivity index (χ1n) is 6.62. The minimum Gasteiger partial charge on any atom is -0.399 e. The summed E-state index contributed by atoms with van der Waals surface area (Å²) in [7, 11) is -2.47. The smallest absolute Gasteiger partial charge is 0.339 e. The molecule has 5 nitrogen and oxygen atoms in total. The summed E-state index contributed by atoms with van der Waals surface area (Å²) in [5.41, 5.74) is 2.06. The van der Waals surface area contributed by atoms with E-state index in [9.17, 15) is 8.42 Å². The van der Waals surface area contributed by atoms with Gasteiger partial charge < -0.3 is 9.02 Å². The van der Waals surface area contributed by atoms with Crippen LogP contribution in [0.15, 0.2) is 58.6 Å². The van der Waals surface area contributed by atoms with Crippen molar-refractivity contribution in [1.29, 1.82) is 0 Å². The van der Waals surface area contributed by atoms with Gasteiger partial charge >= 0.3 is 10.1 Å². The summed E-state index contributed by atoms with van der Waals surface area (Å²) in [6.07, 6.45) is 0. The minimum absolute atomic E-state index is 0.106. The molecule has 0 aliphatic rings. The van der Waals surface area contributed by atoms with Gasteiger partial charge in [-0.2, -0.15) is 8.42 Å². The number of nitrogens with zero attached hydrogens (tertiary/aromatic N) is 1. The van der Waals surface area contributed by atoms with Crippen LogP contribution in [-0.4, -0.2) is 21.2 Å². The molecule has 0 atom stereocenters. The Morgan fingerprint density at radius 1 is 1.05 bits per heavy atom. The van der Waals surface area contributed by atoms with Crippen LogP contribution in [0.25, 0.3) is 0 Å². The standard InChI is InChI=1S/C16H17NO4S/c1-12-8-10-14(11-9-12)22(18,19)21-16-7-5-4-6-15(16)13(2)17-20-3/h4-11H,1-3H3/b17-13-. The molecule has 0 amide bonds. The first-order chi connectivity index (χ1) is 10.4. The largest absolute Gasteiger partial charge is 0.399 e. The molecule has 2 rings (SSSR count). The Morgan fingerprint density at radius 3 is 2.32 bits per heavy atom. The number of hydrogen-bond acceptors (Lipinski definition) is 5. The minimum atomic E-state index is -3.90.